The number of methoxy groups -OCH3 is 1. The summed E-state index contributed by atoms with van der Waals surface area (Å²) in [5, 5.41) is 20.2. The number of nitrogens with zero attached hydrogens (tertiary/aromatic N) is 3. The first-order valence-corrected chi connectivity index (χ1v) is 11.3. The molecule has 1 saturated heterocycles. The highest BCUT2D eigenvalue weighted by Gasteiger charge is 2.33. The predicted octanol–water partition coefficient (Wildman–Crippen LogP) is 3.19. The molecule has 2 N–H and O–H groups in total. The van der Waals surface area contributed by atoms with Crippen molar-refractivity contribution in [2.75, 3.05) is 39.8 Å². The number of aliphatic carboxylic acids is 2. The van der Waals surface area contributed by atoms with Gasteiger partial charge in [-0.25, -0.2) is 0 Å². The van der Waals surface area contributed by atoms with Crippen LogP contribution in [0.25, 0.3) is 17.0 Å². The Morgan fingerprint density at radius 3 is 2.44 bits per heavy atom. The maximum atomic E-state index is 12.4. The Morgan fingerprint density at radius 1 is 1.06 bits per heavy atom. The highest BCUT2D eigenvalue weighted by Crippen LogP contribution is 2.33. The maximum Gasteiger partial charge on any atom is 0.325 e. The molecule has 3 aromatic rings. The van der Waals surface area contributed by atoms with Crippen molar-refractivity contribution in [1.29, 1.82) is 0 Å². The molecule has 0 spiro atoms. The van der Waals surface area contributed by atoms with Crippen molar-refractivity contribution in [1.82, 2.24) is 14.4 Å². The number of hydrogen-bond acceptors (Lipinski definition) is 5. The van der Waals surface area contributed by atoms with Gasteiger partial charge in [-0.3, -0.25) is 19.4 Å². The van der Waals surface area contributed by atoms with E-state index in [1.54, 1.807) is 36.1 Å². The lowest BCUT2D eigenvalue weighted by molar-refractivity contribution is -0.144. The Balaban J connectivity index is 1.52. The normalized spacial score (nSPS) is 16.1. The topological polar surface area (TPSA) is 95.2 Å². The van der Waals surface area contributed by atoms with E-state index in [9.17, 15) is 19.8 Å². The number of ether oxygens (including phenoxy) is 1. The Kier molecular flexibility index (Phi) is 7.30. The van der Waals surface area contributed by atoms with Crippen LogP contribution in [-0.4, -0.2) is 76.4 Å². The smallest absolute Gasteiger partial charge is 0.325 e. The molecule has 2 heterocycles. The summed E-state index contributed by atoms with van der Waals surface area (Å²) in [4.78, 5) is 28.1. The molecular weight excluding hydrogens is 434 g/mol. The van der Waals surface area contributed by atoms with Gasteiger partial charge in [-0.05, 0) is 23.8 Å². The van der Waals surface area contributed by atoms with Crippen LogP contribution in [0.2, 0.25) is 0 Å². The van der Waals surface area contributed by atoms with Gasteiger partial charge >= 0.3 is 11.9 Å². The summed E-state index contributed by atoms with van der Waals surface area (Å²) in [5.74, 6) is -1.33. The monoisotopic (exact) mass is 463 g/mol. The van der Waals surface area contributed by atoms with Crippen molar-refractivity contribution in [3.63, 3.8) is 0 Å². The van der Waals surface area contributed by atoms with Crippen LogP contribution in [0.3, 0.4) is 0 Å². The molecule has 1 aliphatic rings. The lowest BCUT2D eigenvalue weighted by atomic mass is 10.0. The number of rotatable bonds is 9. The third-order valence-corrected chi connectivity index (χ3v) is 6.20. The van der Waals surface area contributed by atoms with Crippen molar-refractivity contribution < 1.29 is 24.5 Å². The van der Waals surface area contributed by atoms with E-state index in [2.05, 4.69) is 29.2 Å². The molecule has 2 aromatic carbocycles. The van der Waals surface area contributed by atoms with Gasteiger partial charge in [0.1, 0.15) is 18.3 Å². The van der Waals surface area contributed by atoms with Crippen molar-refractivity contribution in [3.05, 3.63) is 71.9 Å². The van der Waals surface area contributed by atoms with Crippen LogP contribution < -0.4 is 4.74 Å². The number of carbonyl (C=O) groups is 2. The number of aromatic nitrogens is 1. The minimum Gasteiger partial charge on any atom is -0.497 e. The summed E-state index contributed by atoms with van der Waals surface area (Å²) in [6.07, 6.45) is 5.88. The second-order valence-corrected chi connectivity index (χ2v) is 8.38. The molecule has 0 radical (unpaired) electrons. The van der Waals surface area contributed by atoms with Gasteiger partial charge < -0.3 is 19.5 Å². The minimum atomic E-state index is -0.983. The summed E-state index contributed by atoms with van der Waals surface area (Å²) < 4.78 is 6.93. The Bertz CT molecular complexity index is 1180. The first-order valence-electron chi connectivity index (χ1n) is 11.3. The largest absolute Gasteiger partial charge is 0.497 e. The van der Waals surface area contributed by atoms with E-state index in [1.807, 2.05) is 23.1 Å². The molecule has 34 heavy (non-hydrogen) atoms. The molecular formula is C26H29N3O5. The molecule has 1 atom stereocenters. The van der Waals surface area contributed by atoms with Gasteiger partial charge in [0.05, 0.1) is 7.11 Å². The molecule has 8 nitrogen and oxygen atoms in total. The van der Waals surface area contributed by atoms with Gasteiger partial charge in [0.15, 0.2) is 0 Å². The fraction of sp³-hybridized carbons (Fsp3) is 0.308. The second kappa shape index (κ2) is 10.5. The number of piperazine rings is 1. The van der Waals surface area contributed by atoms with Gasteiger partial charge in [0, 0.05) is 55.4 Å². The number of carboxylic acid groups (broad SMARTS) is 2. The molecule has 1 aliphatic heterocycles. The first-order chi connectivity index (χ1) is 16.5. The van der Waals surface area contributed by atoms with Crippen LogP contribution in [-0.2, 0) is 16.1 Å². The molecule has 4 rings (SSSR count). The summed E-state index contributed by atoms with van der Waals surface area (Å²) in [7, 11) is 1.55. The molecule has 1 aromatic heterocycles. The van der Waals surface area contributed by atoms with Gasteiger partial charge in [-0.15, -0.1) is 0 Å². The third kappa shape index (κ3) is 5.30. The number of benzene rings is 2. The Morgan fingerprint density at radius 2 is 1.79 bits per heavy atom. The van der Waals surface area contributed by atoms with Crippen LogP contribution in [0, 0.1) is 0 Å². The minimum absolute atomic E-state index is 0.239. The average molecular weight is 464 g/mol. The van der Waals surface area contributed by atoms with Gasteiger partial charge in [-0.1, -0.05) is 42.5 Å². The van der Waals surface area contributed by atoms with E-state index in [4.69, 9.17) is 4.74 Å². The lowest BCUT2D eigenvalue weighted by Gasteiger charge is -2.37. The first kappa shape index (κ1) is 23.5. The van der Waals surface area contributed by atoms with E-state index in [-0.39, 0.29) is 6.54 Å². The van der Waals surface area contributed by atoms with E-state index in [0.717, 1.165) is 25.2 Å². The Hall–Kier alpha value is -3.62. The van der Waals surface area contributed by atoms with E-state index in [1.165, 1.54) is 0 Å². The van der Waals surface area contributed by atoms with Crippen molar-refractivity contribution >= 4 is 28.9 Å². The van der Waals surface area contributed by atoms with E-state index >= 15 is 0 Å². The maximum absolute atomic E-state index is 12.4. The summed E-state index contributed by atoms with van der Waals surface area (Å²) >= 11 is 0. The third-order valence-electron chi connectivity index (χ3n) is 6.20. The fourth-order valence-electron chi connectivity index (χ4n) is 4.52. The molecule has 0 unspecified atom stereocenters. The SMILES string of the molecule is COc1ccc2c(c1)c([C@@H](C(=O)O)N1CCN(C/C=C/c3ccccc3)CC1)cn2CC(=O)O. The zero-order valence-electron chi connectivity index (χ0n) is 19.1. The van der Waals surface area contributed by atoms with Gasteiger partial charge in [0.2, 0.25) is 0 Å². The fourth-order valence-corrected chi connectivity index (χ4v) is 4.52. The Labute approximate surface area is 198 Å². The number of fused-ring (bicyclic) bond motifs is 1. The lowest BCUT2D eigenvalue weighted by Crippen LogP contribution is -2.49. The van der Waals surface area contributed by atoms with Crippen LogP contribution in [0.15, 0.2) is 60.8 Å². The molecule has 0 bridgehead atoms. The average Bonchev–Trinajstić information content (AvgIpc) is 3.17. The zero-order valence-corrected chi connectivity index (χ0v) is 19.1. The van der Waals surface area contributed by atoms with Crippen molar-refractivity contribution in [2.45, 2.75) is 12.6 Å². The highest BCUT2D eigenvalue weighted by atomic mass is 16.5. The van der Waals surface area contributed by atoms with Crippen LogP contribution in [0.5, 0.6) is 5.75 Å². The van der Waals surface area contributed by atoms with E-state index < -0.39 is 18.0 Å². The van der Waals surface area contributed by atoms with Gasteiger partial charge in [-0.2, -0.15) is 0 Å². The standard InChI is InChI=1S/C26H29N3O5/c1-34-20-9-10-23-21(16-20)22(17-29(23)18-24(30)31)25(26(32)33)28-14-12-27(13-15-28)11-5-8-19-6-3-2-4-7-19/h2-10,16-17,25H,11-15,18H2,1H3,(H,30,31)(H,32,33)/b8-5+/t25-/m0/s1. The van der Waals surface area contributed by atoms with E-state index in [0.29, 0.717) is 35.3 Å². The molecule has 8 heteroatoms. The molecule has 0 amide bonds. The van der Waals surface area contributed by atoms with Crippen LogP contribution in [0.4, 0.5) is 0 Å². The molecule has 1 fully saturated rings. The zero-order chi connectivity index (χ0) is 24.1. The summed E-state index contributed by atoms with van der Waals surface area (Å²) in [6, 6.07) is 14.6. The summed E-state index contributed by atoms with van der Waals surface area (Å²) in [5.41, 5.74) is 2.41. The molecule has 178 valence electrons. The highest BCUT2D eigenvalue weighted by molar-refractivity contribution is 5.91. The van der Waals surface area contributed by atoms with Crippen LogP contribution in [0.1, 0.15) is 17.2 Å². The van der Waals surface area contributed by atoms with Crippen LogP contribution >= 0.6 is 0 Å². The van der Waals surface area contributed by atoms with Gasteiger partial charge in [0.25, 0.3) is 0 Å². The number of hydrogen-bond donors (Lipinski definition) is 2. The predicted molar refractivity (Wildman–Crippen MR) is 130 cm³/mol. The second-order valence-electron chi connectivity index (χ2n) is 8.38. The summed E-state index contributed by atoms with van der Waals surface area (Å²) in [6.45, 7) is 3.27. The van der Waals surface area contributed by atoms with Crippen molar-refractivity contribution in [3.8, 4) is 5.75 Å². The molecule has 0 saturated carbocycles. The quantitative estimate of drug-likeness (QED) is 0.503. The van der Waals surface area contributed by atoms with Crippen molar-refractivity contribution in [2.24, 2.45) is 0 Å². The molecule has 0 aliphatic carbocycles. The number of carboxylic acids is 2.